The number of methoxy groups -OCH3 is 1. The number of para-hydroxylation sites is 1. The lowest BCUT2D eigenvalue weighted by atomic mass is 10.1. The minimum absolute atomic E-state index is 0.414. The lowest BCUT2D eigenvalue weighted by molar-refractivity contribution is -0.142. The molecule has 27 heavy (non-hydrogen) atoms. The van der Waals surface area contributed by atoms with Crippen molar-refractivity contribution in [2.75, 3.05) is 19.0 Å². The third kappa shape index (κ3) is 4.36. The fourth-order valence-corrected chi connectivity index (χ4v) is 4.18. The molecule has 0 saturated carbocycles. The van der Waals surface area contributed by atoms with E-state index in [1.54, 1.807) is 25.3 Å². The normalized spacial score (nSPS) is 12.4. The van der Waals surface area contributed by atoms with Crippen LogP contribution in [0.5, 0.6) is 5.75 Å². The molecule has 1 amide bonds. The number of carbonyl (C=O) groups excluding carboxylic acids is 2. The minimum atomic E-state index is -0.634. The van der Waals surface area contributed by atoms with Crippen LogP contribution >= 0.6 is 11.3 Å². The predicted octanol–water partition coefficient (Wildman–Crippen LogP) is 3.31. The van der Waals surface area contributed by atoms with E-state index in [1.165, 1.54) is 17.4 Å². The summed E-state index contributed by atoms with van der Waals surface area (Å²) in [6.07, 6.45) is 5.66. The lowest BCUT2D eigenvalue weighted by Crippen LogP contribution is -2.20. The molecule has 2 aromatic rings. The summed E-state index contributed by atoms with van der Waals surface area (Å²) in [5, 5.41) is 12.5. The van der Waals surface area contributed by atoms with Crippen LogP contribution in [0.3, 0.4) is 0 Å². The van der Waals surface area contributed by atoms with Crippen molar-refractivity contribution in [2.45, 2.75) is 19.3 Å². The van der Waals surface area contributed by atoms with Crippen molar-refractivity contribution in [3.8, 4) is 11.8 Å². The molecule has 0 saturated heterocycles. The number of nitriles is 1. The van der Waals surface area contributed by atoms with Crippen LogP contribution < -0.4 is 10.1 Å². The summed E-state index contributed by atoms with van der Waals surface area (Å²) in [5.41, 5.74) is 2.30. The second kappa shape index (κ2) is 8.52. The van der Waals surface area contributed by atoms with E-state index < -0.39 is 18.5 Å². The molecule has 0 atom stereocenters. The summed E-state index contributed by atoms with van der Waals surface area (Å²) in [5.74, 6) is -0.468. The van der Waals surface area contributed by atoms with Crippen molar-refractivity contribution < 1.29 is 19.1 Å². The standard InChI is InChI=1S/C20H18N2O4S/c1-25-16-7-3-2-5-13(16)9-10-19(24)26-12-18(23)22-20-15(11-21)14-6-4-8-17(14)27-20/h2-3,5,7,9-10H,4,6,8,12H2,1H3,(H,22,23)/b10-9+. The van der Waals surface area contributed by atoms with Gasteiger partial charge in [-0.25, -0.2) is 4.79 Å². The number of aryl methyl sites for hydroxylation is 1. The van der Waals surface area contributed by atoms with Crippen LogP contribution in [0.2, 0.25) is 0 Å². The topological polar surface area (TPSA) is 88.4 Å². The highest BCUT2D eigenvalue weighted by atomic mass is 32.1. The Kier molecular flexibility index (Phi) is 5.89. The van der Waals surface area contributed by atoms with Crippen LogP contribution in [0, 0.1) is 11.3 Å². The van der Waals surface area contributed by atoms with Crippen molar-refractivity contribution in [1.82, 2.24) is 0 Å². The summed E-state index contributed by atoms with van der Waals surface area (Å²) in [6, 6.07) is 9.40. The van der Waals surface area contributed by atoms with Crippen LogP contribution in [0.4, 0.5) is 5.00 Å². The second-order valence-corrected chi connectivity index (χ2v) is 7.01. The van der Waals surface area contributed by atoms with Gasteiger partial charge in [0, 0.05) is 16.5 Å². The number of anilines is 1. The Balaban J connectivity index is 1.54. The first-order valence-corrected chi connectivity index (χ1v) is 9.26. The van der Waals surface area contributed by atoms with E-state index in [9.17, 15) is 14.9 Å². The fourth-order valence-electron chi connectivity index (χ4n) is 2.92. The third-order valence-electron chi connectivity index (χ3n) is 4.17. The van der Waals surface area contributed by atoms with Crippen LogP contribution in [-0.2, 0) is 27.2 Å². The van der Waals surface area contributed by atoms with Gasteiger partial charge in [0.1, 0.15) is 16.8 Å². The van der Waals surface area contributed by atoms with Gasteiger partial charge >= 0.3 is 5.97 Å². The van der Waals surface area contributed by atoms with Gasteiger partial charge < -0.3 is 14.8 Å². The van der Waals surface area contributed by atoms with E-state index >= 15 is 0 Å². The number of ether oxygens (including phenoxy) is 2. The van der Waals surface area contributed by atoms with Gasteiger partial charge in [-0.15, -0.1) is 11.3 Å². The first-order chi connectivity index (χ1) is 13.1. The molecule has 1 aliphatic carbocycles. The molecule has 0 spiro atoms. The molecule has 1 aromatic heterocycles. The van der Waals surface area contributed by atoms with Crippen molar-refractivity contribution in [1.29, 1.82) is 5.26 Å². The summed E-state index contributed by atoms with van der Waals surface area (Å²) in [6.45, 7) is -0.414. The molecule has 7 heteroatoms. The molecule has 0 fully saturated rings. The van der Waals surface area contributed by atoms with Gasteiger partial charge in [-0.2, -0.15) is 5.26 Å². The van der Waals surface area contributed by atoms with Crippen LogP contribution in [0.1, 0.15) is 28.0 Å². The summed E-state index contributed by atoms with van der Waals surface area (Å²) < 4.78 is 10.2. The Morgan fingerprint density at radius 3 is 2.93 bits per heavy atom. The van der Waals surface area contributed by atoms with Crippen LogP contribution in [-0.4, -0.2) is 25.6 Å². The quantitative estimate of drug-likeness (QED) is 0.612. The molecular weight excluding hydrogens is 364 g/mol. The molecule has 1 aliphatic rings. The molecule has 0 radical (unpaired) electrons. The van der Waals surface area contributed by atoms with Crippen molar-refractivity contribution in [3.63, 3.8) is 0 Å². The Labute approximate surface area is 161 Å². The number of thiophene rings is 1. The molecule has 3 rings (SSSR count). The number of esters is 1. The second-order valence-electron chi connectivity index (χ2n) is 5.90. The molecule has 0 aliphatic heterocycles. The van der Waals surface area contributed by atoms with E-state index in [-0.39, 0.29) is 0 Å². The maximum Gasteiger partial charge on any atom is 0.331 e. The molecule has 1 heterocycles. The minimum Gasteiger partial charge on any atom is -0.496 e. The number of nitrogens with zero attached hydrogens (tertiary/aromatic N) is 1. The number of hydrogen-bond donors (Lipinski definition) is 1. The van der Waals surface area contributed by atoms with E-state index in [1.807, 2.05) is 12.1 Å². The number of nitrogens with one attached hydrogen (secondary N) is 1. The smallest absolute Gasteiger partial charge is 0.331 e. The zero-order valence-corrected chi connectivity index (χ0v) is 15.6. The Hall–Kier alpha value is -3.11. The number of hydrogen-bond acceptors (Lipinski definition) is 6. The highest BCUT2D eigenvalue weighted by Crippen LogP contribution is 2.38. The SMILES string of the molecule is COc1ccccc1/C=C/C(=O)OCC(=O)Nc1sc2c(c1C#N)CCC2. The Morgan fingerprint density at radius 1 is 1.33 bits per heavy atom. The molecule has 6 nitrogen and oxygen atoms in total. The number of rotatable bonds is 6. The number of carbonyl (C=O) groups is 2. The summed E-state index contributed by atoms with van der Waals surface area (Å²) in [7, 11) is 1.55. The number of amides is 1. The summed E-state index contributed by atoms with van der Waals surface area (Å²) >= 11 is 1.42. The maximum atomic E-state index is 12.1. The van der Waals surface area contributed by atoms with Crippen LogP contribution in [0.15, 0.2) is 30.3 Å². The van der Waals surface area contributed by atoms with Crippen molar-refractivity contribution >= 4 is 34.3 Å². The molecule has 1 N–H and O–H groups in total. The monoisotopic (exact) mass is 382 g/mol. The van der Waals surface area contributed by atoms with Crippen LogP contribution in [0.25, 0.3) is 6.08 Å². The Bertz CT molecular complexity index is 940. The molecule has 138 valence electrons. The summed E-state index contributed by atoms with van der Waals surface area (Å²) in [4.78, 5) is 25.0. The van der Waals surface area contributed by atoms with Crippen molar-refractivity contribution in [2.24, 2.45) is 0 Å². The number of fused-ring (bicyclic) bond motifs is 1. The van der Waals surface area contributed by atoms with Gasteiger partial charge in [-0.3, -0.25) is 4.79 Å². The highest BCUT2D eigenvalue weighted by molar-refractivity contribution is 7.16. The number of benzene rings is 1. The average molecular weight is 382 g/mol. The molecule has 0 bridgehead atoms. The van der Waals surface area contributed by atoms with E-state index in [0.29, 0.717) is 16.3 Å². The van der Waals surface area contributed by atoms with Gasteiger partial charge in [-0.1, -0.05) is 18.2 Å². The molecule has 1 aromatic carbocycles. The van der Waals surface area contributed by atoms with E-state index in [0.717, 1.165) is 35.3 Å². The van der Waals surface area contributed by atoms with E-state index in [2.05, 4.69) is 11.4 Å². The zero-order valence-electron chi connectivity index (χ0n) is 14.8. The average Bonchev–Trinajstić information content (AvgIpc) is 3.25. The zero-order chi connectivity index (χ0) is 19.2. The lowest BCUT2D eigenvalue weighted by Gasteiger charge is -2.05. The van der Waals surface area contributed by atoms with Gasteiger partial charge in [0.25, 0.3) is 5.91 Å². The van der Waals surface area contributed by atoms with Gasteiger partial charge in [0.15, 0.2) is 6.61 Å². The molecule has 0 unspecified atom stereocenters. The third-order valence-corrected chi connectivity index (χ3v) is 5.38. The van der Waals surface area contributed by atoms with Gasteiger partial charge in [-0.05, 0) is 37.0 Å². The highest BCUT2D eigenvalue weighted by Gasteiger charge is 2.23. The predicted molar refractivity (Wildman–Crippen MR) is 103 cm³/mol. The maximum absolute atomic E-state index is 12.1. The largest absolute Gasteiger partial charge is 0.496 e. The van der Waals surface area contributed by atoms with Gasteiger partial charge in [0.2, 0.25) is 0 Å². The fraction of sp³-hybridized carbons (Fsp3) is 0.250. The van der Waals surface area contributed by atoms with E-state index in [4.69, 9.17) is 9.47 Å². The first-order valence-electron chi connectivity index (χ1n) is 8.44. The van der Waals surface area contributed by atoms with Gasteiger partial charge in [0.05, 0.1) is 12.7 Å². The Morgan fingerprint density at radius 2 is 2.15 bits per heavy atom. The molecular formula is C20H18N2O4S. The van der Waals surface area contributed by atoms with Crippen molar-refractivity contribution in [3.05, 3.63) is 51.9 Å². The first kappa shape index (κ1) is 18.7.